The largest absolute Gasteiger partial charge is 0.466 e. The van der Waals surface area contributed by atoms with E-state index < -0.39 is 0 Å². The molecule has 0 saturated carbocycles. The Labute approximate surface area is 85.7 Å². The Morgan fingerprint density at radius 2 is 2.43 bits per heavy atom. The lowest BCUT2D eigenvalue weighted by Gasteiger charge is -2.34. The van der Waals surface area contributed by atoms with Crippen LogP contribution in [0.4, 0.5) is 0 Å². The molecule has 0 aliphatic carbocycles. The van der Waals surface area contributed by atoms with Crippen molar-refractivity contribution >= 4 is 5.97 Å². The molecule has 0 amide bonds. The monoisotopic (exact) mass is 197 g/mol. The fourth-order valence-corrected chi connectivity index (χ4v) is 2.09. The van der Waals surface area contributed by atoms with Gasteiger partial charge in [0.15, 0.2) is 0 Å². The maximum Gasteiger partial charge on any atom is 0.330 e. The first-order valence-corrected chi connectivity index (χ1v) is 5.17. The minimum Gasteiger partial charge on any atom is -0.466 e. The van der Waals surface area contributed by atoms with Crippen molar-refractivity contribution < 1.29 is 9.53 Å². The van der Waals surface area contributed by atoms with Crippen LogP contribution in [0.2, 0.25) is 0 Å². The Balaban J connectivity index is 2.74. The average Bonchev–Trinajstić information content (AvgIpc) is 2.18. The molecule has 1 aliphatic heterocycles. The number of ether oxygens (including phenoxy) is 1. The van der Waals surface area contributed by atoms with Crippen LogP contribution in [0.25, 0.3) is 0 Å². The molecule has 3 nitrogen and oxygen atoms in total. The highest BCUT2D eigenvalue weighted by atomic mass is 16.5. The highest BCUT2D eigenvalue weighted by Crippen LogP contribution is 2.23. The van der Waals surface area contributed by atoms with Crippen LogP contribution in [0.15, 0.2) is 11.6 Å². The molecule has 0 spiro atoms. The maximum atomic E-state index is 11.1. The molecule has 0 aromatic rings. The summed E-state index contributed by atoms with van der Waals surface area (Å²) in [5.74, 6) is -0.228. The summed E-state index contributed by atoms with van der Waals surface area (Å²) in [6.45, 7) is 3.27. The Hall–Kier alpha value is -0.830. The van der Waals surface area contributed by atoms with Crippen LogP contribution in [0.3, 0.4) is 0 Å². The van der Waals surface area contributed by atoms with E-state index in [1.54, 1.807) is 6.08 Å². The molecule has 0 N–H and O–H groups in total. The van der Waals surface area contributed by atoms with Crippen molar-refractivity contribution in [2.45, 2.75) is 32.2 Å². The van der Waals surface area contributed by atoms with Crippen molar-refractivity contribution in [3.63, 3.8) is 0 Å². The van der Waals surface area contributed by atoms with E-state index in [1.807, 2.05) is 0 Å². The number of piperidine rings is 1. The number of likely N-dealkylation sites (tertiary alicyclic amines) is 1. The molecule has 1 atom stereocenters. The third-order valence-corrected chi connectivity index (χ3v) is 2.83. The lowest BCUT2D eigenvalue weighted by atomic mass is 9.94. The van der Waals surface area contributed by atoms with E-state index in [-0.39, 0.29) is 5.97 Å². The second kappa shape index (κ2) is 5.15. The molecule has 80 valence electrons. The summed E-state index contributed by atoms with van der Waals surface area (Å²) < 4.78 is 4.65. The van der Waals surface area contributed by atoms with E-state index in [9.17, 15) is 4.79 Å². The number of carbonyl (C=O) groups excluding carboxylic acids is 1. The van der Waals surface area contributed by atoms with Gasteiger partial charge in [0.05, 0.1) is 7.11 Å². The van der Waals surface area contributed by atoms with Gasteiger partial charge < -0.3 is 4.74 Å². The predicted molar refractivity (Wildman–Crippen MR) is 56.0 cm³/mol. The molecule has 1 saturated heterocycles. The molecule has 0 bridgehead atoms. The lowest BCUT2D eigenvalue weighted by molar-refractivity contribution is -0.134. The number of carbonyl (C=O) groups is 1. The van der Waals surface area contributed by atoms with E-state index in [0.717, 1.165) is 25.8 Å². The van der Waals surface area contributed by atoms with Crippen LogP contribution >= 0.6 is 0 Å². The van der Waals surface area contributed by atoms with Crippen molar-refractivity contribution in [3.05, 3.63) is 11.6 Å². The van der Waals surface area contributed by atoms with E-state index in [2.05, 4.69) is 23.6 Å². The SMILES string of the molecule is CCC1/C(=C/C(=O)OC)CCCN1C. The van der Waals surface area contributed by atoms with Crippen molar-refractivity contribution in [1.29, 1.82) is 0 Å². The van der Waals surface area contributed by atoms with E-state index in [0.29, 0.717) is 6.04 Å². The van der Waals surface area contributed by atoms with E-state index in [1.165, 1.54) is 12.7 Å². The first-order valence-electron chi connectivity index (χ1n) is 5.17. The lowest BCUT2D eigenvalue weighted by Crippen LogP contribution is -2.37. The van der Waals surface area contributed by atoms with E-state index in [4.69, 9.17) is 0 Å². The van der Waals surface area contributed by atoms with Crippen LogP contribution in [-0.2, 0) is 9.53 Å². The van der Waals surface area contributed by atoms with Gasteiger partial charge in [0.2, 0.25) is 0 Å². The minimum absolute atomic E-state index is 0.228. The summed E-state index contributed by atoms with van der Waals surface area (Å²) in [6.07, 6.45) is 4.87. The van der Waals surface area contributed by atoms with Crippen LogP contribution in [-0.4, -0.2) is 37.6 Å². The minimum atomic E-state index is -0.228. The van der Waals surface area contributed by atoms with Gasteiger partial charge in [-0.2, -0.15) is 0 Å². The van der Waals surface area contributed by atoms with Gasteiger partial charge in [-0.25, -0.2) is 4.79 Å². The summed E-state index contributed by atoms with van der Waals surface area (Å²) in [6, 6.07) is 0.419. The summed E-state index contributed by atoms with van der Waals surface area (Å²) in [4.78, 5) is 13.4. The smallest absolute Gasteiger partial charge is 0.330 e. The first kappa shape index (κ1) is 11.2. The Morgan fingerprint density at radius 1 is 1.71 bits per heavy atom. The normalized spacial score (nSPS) is 26.5. The number of rotatable bonds is 2. The first-order chi connectivity index (χ1) is 6.69. The van der Waals surface area contributed by atoms with Crippen LogP contribution in [0.5, 0.6) is 0 Å². The fraction of sp³-hybridized carbons (Fsp3) is 0.727. The van der Waals surface area contributed by atoms with E-state index >= 15 is 0 Å². The second-order valence-corrected chi connectivity index (χ2v) is 3.75. The van der Waals surface area contributed by atoms with Crippen LogP contribution < -0.4 is 0 Å². The summed E-state index contributed by atoms with van der Waals surface area (Å²) in [7, 11) is 3.53. The quantitative estimate of drug-likeness (QED) is 0.497. The summed E-state index contributed by atoms with van der Waals surface area (Å²) in [5, 5.41) is 0. The van der Waals surface area contributed by atoms with Gasteiger partial charge in [-0.05, 0) is 38.4 Å². The molecule has 1 aliphatic rings. The molecule has 14 heavy (non-hydrogen) atoms. The van der Waals surface area contributed by atoms with Gasteiger partial charge in [-0.3, -0.25) is 4.90 Å². The molecule has 0 radical (unpaired) electrons. The third-order valence-electron chi connectivity index (χ3n) is 2.83. The number of nitrogens with zero attached hydrogens (tertiary/aromatic N) is 1. The zero-order chi connectivity index (χ0) is 10.6. The third kappa shape index (κ3) is 2.58. The number of hydrogen-bond donors (Lipinski definition) is 0. The molecule has 0 aromatic carbocycles. The van der Waals surface area contributed by atoms with Gasteiger partial charge in [-0.15, -0.1) is 0 Å². The molecule has 1 heterocycles. The topological polar surface area (TPSA) is 29.5 Å². The van der Waals surface area contributed by atoms with Crippen LogP contribution in [0, 0.1) is 0 Å². The van der Waals surface area contributed by atoms with Crippen molar-refractivity contribution in [2.24, 2.45) is 0 Å². The maximum absolute atomic E-state index is 11.1. The Kier molecular flexibility index (Phi) is 4.14. The zero-order valence-corrected chi connectivity index (χ0v) is 9.25. The highest BCUT2D eigenvalue weighted by Gasteiger charge is 2.22. The van der Waals surface area contributed by atoms with Gasteiger partial charge in [-0.1, -0.05) is 6.92 Å². The molecular weight excluding hydrogens is 178 g/mol. The zero-order valence-electron chi connectivity index (χ0n) is 9.25. The standard InChI is InChI=1S/C11H19NO2/c1-4-10-9(8-11(13)14-3)6-5-7-12(10)2/h8,10H,4-7H2,1-3H3/b9-8+. The fourth-order valence-electron chi connectivity index (χ4n) is 2.09. The van der Waals surface area contributed by atoms with Crippen LogP contribution in [0.1, 0.15) is 26.2 Å². The van der Waals surface area contributed by atoms with Crippen molar-refractivity contribution in [2.75, 3.05) is 20.7 Å². The number of hydrogen-bond acceptors (Lipinski definition) is 3. The number of likely N-dealkylation sites (N-methyl/N-ethyl adjacent to an activating group) is 1. The van der Waals surface area contributed by atoms with Crippen molar-refractivity contribution in [1.82, 2.24) is 4.90 Å². The molecule has 1 unspecified atom stereocenters. The van der Waals surface area contributed by atoms with Crippen molar-refractivity contribution in [3.8, 4) is 0 Å². The predicted octanol–water partition coefficient (Wildman–Crippen LogP) is 1.59. The number of esters is 1. The molecule has 1 rings (SSSR count). The second-order valence-electron chi connectivity index (χ2n) is 3.75. The summed E-state index contributed by atoms with van der Waals surface area (Å²) >= 11 is 0. The molecule has 3 heteroatoms. The van der Waals surface area contributed by atoms with Gasteiger partial charge in [0.25, 0.3) is 0 Å². The van der Waals surface area contributed by atoms with Gasteiger partial charge >= 0.3 is 5.97 Å². The molecular formula is C11H19NO2. The van der Waals surface area contributed by atoms with Gasteiger partial charge in [0.1, 0.15) is 0 Å². The Morgan fingerprint density at radius 3 is 3.00 bits per heavy atom. The molecule has 0 aromatic heterocycles. The highest BCUT2D eigenvalue weighted by molar-refractivity contribution is 5.82. The molecule has 1 fully saturated rings. The van der Waals surface area contributed by atoms with Gasteiger partial charge in [0, 0.05) is 12.1 Å². The average molecular weight is 197 g/mol. The summed E-state index contributed by atoms with van der Waals surface area (Å²) in [5.41, 5.74) is 1.22. The Bertz CT molecular complexity index is 235. The number of methoxy groups -OCH3 is 1.